The summed E-state index contributed by atoms with van der Waals surface area (Å²) in [4.78, 5) is 31.0. The topological polar surface area (TPSA) is 90.7 Å². The van der Waals surface area contributed by atoms with E-state index >= 15 is 0 Å². The van der Waals surface area contributed by atoms with Crippen LogP contribution in [0.3, 0.4) is 0 Å². The zero-order chi connectivity index (χ0) is 18.8. The predicted octanol–water partition coefficient (Wildman–Crippen LogP) is 2.91. The molecule has 0 fully saturated rings. The third-order valence-electron chi connectivity index (χ3n) is 4.36. The van der Waals surface area contributed by atoms with Gasteiger partial charge in [0.15, 0.2) is 11.5 Å². The fraction of sp³-hybridized carbons (Fsp3) is 0.250. The van der Waals surface area contributed by atoms with Crippen LogP contribution in [0.5, 0.6) is 5.75 Å². The minimum absolute atomic E-state index is 0.0827. The molecule has 134 valence electrons. The third-order valence-corrected chi connectivity index (χ3v) is 4.36. The van der Waals surface area contributed by atoms with Gasteiger partial charge in [-0.1, -0.05) is 32.0 Å². The van der Waals surface area contributed by atoms with Crippen LogP contribution >= 0.6 is 0 Å². The van der Waals surface area contributed by atoms with Crippen LogP contribution in [-0.2, 0) is 16.1 Å². The molecule has 0 spiro atoms. The van der Waals surface area contributed by atoms with E-state index in [1.807, 2.05) is 6.07 Å². The number of carbonyl (C=O) groups is 2. The third kappa shape index (κ3) is 3.18. The zero-order valence-corrected chi connectivity index (χ0v) is 14.6. The number of aliphatic hydroxyl groups excluding tert-OH is 1. The SMILES string of the molecule is CC(C)C(=O)C1=C(O)C(=O)N(Cc2ccccn2)C1c1ccc(O)cc1. The van der Waals surface area contributed by atoms with Crippen molar-refractivity contribution >= 4 is 11.7 Å². The summed E-state index contributed by atoms with van der Waals surface area (Å²) in [7, 11) is 0. The van der Waals surface area contributed by atoms with Crippen LogP contribution in [0.2, 0.25) is 0 Å². The van der Waals surface area contributed by atoms with E-state index in [4.69, 9.17) is 0 Å². The van der Waals surface area contributed by atoms with Crippen LogP contribution in [0.4, 0.5) is 0 Å². The minimum atomic E-state index is -0.722. The van der Waals surface area contributed by atoms with E-state index in [2.05, 4.69) is 4.98 Å². The van der Waals surface area contributed by atoms with Gasteiger partial charge in [0.2, 0.25) is 0 Å². The Morgan fingerprint density at radius 1 is 1.15 bits per heavy atom. The molecule has 2 heterocycles. The molecule has 1 aromatic carbocycles. The molecule has 6 heteroatoms. The second-order valence-corrected chi connectivity index (χ2v) is 6.53. The Balaban J connectivity index is 2.07. The van der Waals surface area contributed by atoms with E-state index in [0.29, 0.717) is 11.3 Å². The second-order valence-electron chi connectivity index (χ2n) is 6.53. The molecule has 1 unspecified atom stereocenters. The standard InChI is InChI=1S/C20H20N2O4/c1-12(2)18(24)16-17(13-6-8-15(23)9-7-13)22(20(26)19(16)25)11-14-5-3-4-10-21-14/h3-10,12,17,23,25H,11H2,1-2H3. The lowest BCUT2D eigenvalue weighted by atomic mass is 9.91. The van der Waals surface area contributed by atoms with Gasteiger partial charge in [-0.05, 0) is 29.8 Å². The zero-order valence-electron chi connectivity index (χ0n) is 14.6. The van der Waals surface area contributed by atoms with Gasteiger partial charge in [-0.3, -0.25) is 14.6 Å². The highest BCUT2D eigenvalue weighted by Crippen LogP contribution is 2.39. The second kappa shape index (κ2) is 7.00. The molecule has 1 atom stereocenters. The van der Waals surface area contributed by atoms with Gasteiger partial charge < -0.3 is 15.1 Å². The van der Waals surface area contributed by atoms with Gasteiger partial charge in [0.25, 0.3) is 5.91 Å². The maximum atomic E-state index is 12.7. The number of aliphatic hydroxyl groups is 1. The average molecular weight is 352 g/mol. The van der Waals surface area contributed by atoms with Crippen molar-refractivity contribution in [2.45, 2.75) is 26.4 Å². The van der Waals surface area contributed by atoms with Crippen LogP contribution in [0.15, 0.2) is 60.0 Å². The van der Waals surface area contributed by atoms with Crippen molar-refractivity contribution in [1.82, 2.24) is 9.88 Å². The molecule has 2 aromatic rings. The molecule has 3 rings (SSSR count). The first-order valence-electron chi connectivity index (χ1n) is 8.37. The lowest BCUT2D eigenvalue weighted by molar-refractivity contribution is -0.130. The van der Waals surface area contributed by atoms with Gasteiger partial charge in [0.05, 0.1) is 23.9 Å². The quantitative estimate of drug-likeness (QED) is 0.863. The van der Waals surface area contributed by atoms with E-state index in [-0.39, 0.29) is 29.6 Å². The number of benzene rings is 1. The summed E-state index contributed by atoms with van der Waals surface area (Å²) in [5.74, 6) is -1.68. The van der Waals surface area contributed by atoms with Crippen molar-refractivity contribution in [1.29, 1.82) is 0 Å². The number of pyridine rings is 1. The van der Waals surface area contributed by atoms with Crippen LogP contribution in [0.1, 0.15) is 31.1 Å². The number of nitrogens with zero attached hydrogens (tertiary/aromatic N) is 2. The number of aromatic hydroxyl groups is 1. The van der Waals surface area contributed by atoms with Crippen molar-refractivity contribution in [3.8, 4) is 5.75 Å². The Bertz CT molecular complexity index is 857. The fourth-order valence-corrected chi connectivity index (χ4v) is 3.05. The van der Waals surface area contributed by atoms with Gasteiger partial charge in [-0.2, -0.15) is 0 Å². The number of phenols is 1. The van der Waals surface area contributed by atoms with Crippen molar-refractivity contribution < 1.29 is 19.8 Å². The lowest BCUT2D eigenvalue weighted by Crippen LogP contribution is -2.31. The fourth-order valence-electron chi connectivity index (χ4n) is 3.05. The number of hydrogen-bond donors (Lipinski definition) is 2. The molecule has 1 aliphatic heterocycles. The summed E-state index contributed by atoms with van der Waals surface area (Å²) in [5, 5.41) is 20.0. The smallest absolute Gasteiger partial charge is 0.290 e. The molecule has 0 saturated heterocycles. The highest BCUT2D eigenvalue weighted by molar-refractivity contribution is 6.09. The van der Waals surface area contributed by atoms with E-state index in [0.717, 1.165) is 0 Å². The van der Waals surface area contributed by atoms with Gasteiger partial charge in [0, 0.05) is 12.1 Å². The lowest BCUT2D eigenvalue weighted by Gasteiger charge is -2.27. The van der Waals surface area contributed by atoms with Crippen LogP contribution in [0, 0.1) is 5.92 Å². The van der Waals surface area contributed by atoms with Gasteiger partial charge >= 0.3 is 0 Å². The number of ketones is 1. The maximum Gasteiger partial charge on any atom is 0.290 e. The number of amides is 1. The molecule has 2 N–H and O–H groups in total. The Hall–Kier alpha value is -3.15. The molecule has 0 radical (unpaired) electrons. The molecule has 0 saturated carbocycles. The van der Waals surface area contributed by atoms with E-state index in [1.165, 1.54) is 17.0 Å². The molecule has 26 heavy (non-hydrogen) atoms. The number of rotatable bonds is 5. The largest absolute Gasteiger partial charge is 0.508 e. The molecule has 1 aliphatic rings. The number of phenolic OH excluding ortho intramolecular Hbond substituents is 1. The van der Waals surface area contributed by atoms with E-state index in [9.17, 15) is 19.8 Å². The molecular weight excluding hydrogens is 332 g/mol. The Morgan fingerprint density at radius 3 is 2.42 bits per heavy atom. The minimum Gasteiger partial charge on any atom is -0.508 e. The van der Waals surface area contributed by atoms with Gasteiger partial charge in [-0.25, -0.2) is 0 Å². The number of carbonyl (C=O) groups excluding carboxylic acids is 2. The predicted molar refractivity (Wildman–Crippen MR) is 95.1 cm³/mol. The molecular formula is C20H20N2O4. The van der Waals surface area contributed by atoms with Crippen LogP contribution in [-0.4, -0.2) is 31.8 Å². The average Bonchev–Trinajstić information content (AvgIpc) is 2.87. The summed E-state index contributed by atoms with van der Waals surface area (Å²) in [6.07, 6.45) is 1.62. The number of hydrogen-bond acceptors (Lipinski definition) is 5. The highest BCUT2D eigenvalue weighted by atomic mass is 16.3. The molecule has 0 aliphatic carbocycles. The first kappa shape index (κ1) is 17.7. The summed E-state index contributed by atoms with van der Waals surface area (Å²) in [6, 6.07) is 10.9. The van der Waals surface area contributed by atoms with Crippen molar-refractivity contribution in [3.05, 3.63) is 71.3 Å². The maximum absolute atomic E-state index is 12.7. The molecule has 0 bridgehead atoms. The normalized spacial score (nSPS) is 17.3. The van der Waals surface area contributed by atoms with Crippen molar-refractivity contribution in [2.24, 2.45) is 5.92 Å². The number of aromatic nitrogens is 1. The van der Waals surface area contributed by atoms with Crippen LogP contribution in [0.25, 0.3) is 0 Å². The highest BCUT2D eigenvalue weighted by Gasteiger charge is 2.43. The summed E-state index contributed by atoms with van der Waals surface area (Å²) in [6.45, 7) is 3.61. The molecule has 1 amide bonds. The summed E-state index contributed by atoms with van der Waals surface area (Å²) < 4.78 is 0. The van der Waals surface area contributed by atoms with Gasteiger partial charge in [0.1, 0.15) is 5.75 Å². The first-order valence-corrected chi connectivity index (χ1v) is 8.37. The van der Waals surface area contributed by atoms with Crippen molar-refractivity contribution in [3.63, 3.8) is 0 Å². The van der Waals surface area contributed by atoms with E-state index < -0.39 is 17.7 Å². The molecule has 1 aromatic heterocycles. The Labute approximate surface area is 151 Å². The van der Waals surface area contributed by atoms with Gasteiger partial charge in [-0.15, -0.1) is 0 Å². The monoisotopic (exact) mass is 352 g/mol. The molecule has 6 nitrogen and oxygen atoms in total. The first-order chi connectivity index (χ1) is 12.4. The Morgan fingerprint density at radius 2 is 1.85 bits per heavy atom. The van der Waals surface area contributed by atoms with E-state index in [1.54, 1.807) is 44.3 Å². The van der Waals surface area contributed by atoms with Crippen molar-refractivity contribution in [2.75, 3.05) is 0 Å². The summed E-state index contributed by atoms with van der Waals surface area (Å²) >= 11 is 0. The Kier molecular flexibility index (Phi) is 4.75. The summed E-state index contributed by atoms with van der Waals surface area (Å²) in [5.41, 5.74) is 1.38. The number of Topliss-reactive ketones (excluding diaryl/α,β-unsaturated/α-hetero) is 1. The van der Waals surface area contributed by atoms with Crippen LogP contribution < -0.4 is 0 Å².